The maximum absolute atomic E-state index is 12.1. The molecule has 2 heterocycles. The fourth-order valence-corrected chi connectivity index (χ4v) is 3.63. The van der Waals surface area contributed by atoms with Crippen LogP contribution in [0.2, 0.25) is 0 Å². The molecule has 4 rings (SSSR count). The molecule has 142 valence electrons. The zero-order valence-corrected chi connectivity index (χ0v) is 16.1. The van der Waals surface area contributed by atoms with E-state index in [1.54, 1.807) is 30.3 Å². The van der Waals surface area contributed by atoms with E-state index >= 15 is 0 Å². The van der Waals surface area contributed by atoms with E-state index in [0.717, 1.165) is 15.8 Å². The van der Waals surface area contributed by atoms with Crippen LogP contribution in [-0.2, 0) is 0 Å². The van der Waals surface area contributed by atoms with Gasteiger partial charge in [-0.3, -0.25) is 0 Å². The Kier molecular flexibility index (Phi) is 5.10. The number of ether oxygens (including phenoxy) is 2. The van der Waals surface area contributed by atoms with Gasteiger partial charge in [-0.15, -0.1) is 11.3 Å². The summed E-state index contributed by atoms with van der Waals surface area (Å²) in [5, 5.41) is 10.2. The van der Waals surface area contributed by atoms with Crippen LogP contribution in [-0.4, -0.2) is 18.1 Å². The fraction of sp³-hybridized carbons (Fsp3) is 0.0455. The maximum Gasteiger partial charge on any atom is 0.379 e. The monoisotopic (exact) mass is 402 g/mol. The molecule has 0 spiro atoms. The second kappa shape index (κ2) is 8.00. The number of thiazole rings is 1. The molecule has 0 fully saturated rings. The molecular weight excluding hydrogens is 388 g/mol. The van der Waals surface area contributed by atoms with Gasteiger partial charge in [0.25, 0.3) is 0 Å². The first-order chi connectivity index (χ1) is 14.2. The number of benzene rings is 2. The summed E-state index contributed by atoms with van der Waals surface area (Å²) in [6, 6.07) is 18.1. The SMILES string of the molecule is COc1cc(C=C(C#N)c2nc3ccccc3s2)ccc1OC(=O)c1ccco1. The van der Waals surface area contributed by atoms with E-state index in [9.17, 15) is 10.1 Å². The van der Waals surface area contributed by atoms with Crippen molar-refractivity contribution in [2.45, 2.75) is 0 Å². The minimum absolute atomic E-state index is 0.0960. The lowest BCUT2D eigenvalue weighted by atomic mass is 10.1. The zero-order chi connectivity index (χ0) is 20.2. The summed E-state index contributed by atoms with van der Waals surface area (Å²) in [5.74, 6) is 0.0900. The lowest BCUT2D eigenvalue weighted by molar-refractivity contribution is 0.0696. The molecule has 0 amide bonds. The zero-order valence-electron chi connectivity index (χ0n) is 15.3. The topological polar surface area (TPSA) is 85.4 Å². The van der Waals surface area contributed by atoms with Crippen LogP contribution in [0.1, 0.15) is 21.1 Å². The lowest BCUT2D eigenvalue weighted by Crippen LogP contribution is -2.08. The number of furan rings is 1. The second-order valence-electron chi connectivity index (χ2n) is 5.93. The molecule has 7 heteroatoms. The number of hydrogen-bond acceptors (Lipinski definition) is 7. The first-order valence-electron chi connectivity index (χ1n) is 8.59. The van der Waals surface area contributed by atoms with Gasteiger partial charge in [0.05, 0.1) is 29.2 Å². The average molecular weight is 402 g/mol. The van der Waals surface area contributed by atoms with Gasteiger partial charge < -0.3 is 13.9 Å². The molecular formula is C22H14N2O4S. The summed E-state index contributed by atoms with van der Waals surface area (Å²) in [6.07, 6.45) is 3.12. The molecule has 0 N–H and O–H groups in total. The van der Waals surface area contributed by atoms with Gasteiger partial charge in [-0.05, 0) is 48.0 Å². The van der Waals surface area contributed by atoms with Crippen molar-refractivity contribution in [1.82, 2.24) is 4.98 Å². The van der Waals surface area contributed by atoms with Gasteiger partial charge in [0, 0.05) is 0 Å². The molecule has 0 radical (unpaired) electrons. The Labute approximate surface area is 170 Å². The number of para-hydroxylation sites is 1. The number of rotatable bonds is 5. The highest BCUT2D eigenvalue weighted by Crippen LogP contribution is 2.32. The number of aromatic nitrogens is 1. The van der Waals surface area contributed by atoms with Gasteiger partial charge in [0.1, 0.15) is 11.1 Å². The van der Waals surface area contributed by atoms with Crippen LogP contribution in [0.25, 0.3) is 21.9 Å². The van der Waals surface area contributed by atoms with Gasteiger partial charge in [-0.2, -0.15) is 5.26 Å². The Balaban J connectivity index is 1.64. The predicted octanol–water partition coefficient (Wildman–Crippen LogP) is 5.18. The Bertz CT molecular complexity index is 1220. The van der Waals surface area contributed by atoms with Crippen molar-refractivity contribution < 1.29 is 18.7 Å². The molecule has 2 aromatic carbocycles. The highest BCUT2D eigenvalue weighted by Gasteiger charge is 2.15. The first kappa shape index (κ1) is 18.5. The van der Waals surface area contributed by atoms with Gasteiger partial charge in [0.15, 0.2) is 11.5 Å². The number of carbonyl (C=O) groups is 1. The van der Waals surface area contributed by atoms with Gasteiger partial charge in [0.2, 0.25) is 5.76 Å². The Morgan fingerprint density at radius 2 is 2.03 bits per heavy atom. The van der Waals surface area contributed by atoms with Crippen molar-refractivity contribution in [3.8, 4) is 17.6 Å². The summed E-state index contributed by atoms with van der Waals surface area (Å²) < 4.78 is 16.7. The molecule has 0 saturated carbocycles. The number of esters is 1. The van der Waals surface area contributed by atoms with Gasteiger partial charge in [-0.1, -0.05) is 18.2 Å². The van der Waals surface area contributed by atoms with Crippen LogP contribution in [0.3, 0.4) is 0 Å². The van der Waals surface area contributed by atoms with Crippen molar-refractivity contribution in [2.75, 3.05) is 7.11 Å². The Hall–Kier alpha value is -3.89. The third-order valence-corrected chi connectivity index (χ3v) is 5.14. The van der Waals surface area contributed by atoms with Crippen molar-refractivity contribution >= 4 is 39.2 Å². The number of nitriles is 1. The number of nitrogens with zero attached hydrogens (tertiary/aromatic N) is 2. The predicted molar refractivity (Wildman–Crippen MR) is 110 cm³/mol. The fourth-order valence-electron chi connectivity index (χ4n) is 2.70. The minimum Gasteiger partial charge on any atom is -0.493 e. The number of fused-ring (bicyclic) bond motifs is 1. The van der Waals surface area contributed by atoms with Gasteiger partial charge >= 0.3 is 5.97 Å². The molecule has 0 bridgehead atoms. The van der Waals surface area contributed by atoms with E-state index in [-0.39, 0.29) is 11.5 Å². The van der Waals surface area contributed by atoms with Crippen LogP contribution in [0.15, 0.2) is 65.3 Å². The molecule has 0 atom stereocenters. The Morgan fingerprint density at radius 3 is 2.76 bits per heavy atom. The van der Waals surface area contributed by atoms with Crippen LogP contribution < -0.4 is 9.47 Å². The second-order valence-corrected chi connectivity index (χ2v) is 6.96. The summed E-state index contributed by atoms with van der Waals surface area (Å²) >= 11 is 1.46. The molecule has 0 aliphatic rings. The van der Waals surface area contributed by atoms with E-state index in [2.05, 4.69) is 11.1 Å². The summed E-state index contributed by atoms with van der Waals surface area (Å²) in [4.78, 5) is 16.6. The molecule has 4 aromatic rings. The summed E-state index contributed by atoms with van der Waals surface area (Å²) in [6.45, 7) is 0. The standard InChI is InChI=1S/C22H14N2O4S/c1-26-19-12-14(8-9-17(19)28-22(25)18-6-4-10-27-18)11-15(13-23)21-24-16-5-2-3-7-20(16)29-21/h2-12H,1H3. The highest BCUT2D eigenvalue weighted by atomic mass is 32.1. The van der Waals surface area contributed by atoms with E-state index in [1.165, 1.54) is 30.8 Å². The third kappa shape index (κ3) is 3.88. The van der Waals surface area contributed by atoms with Crippen LogP contribution >= 0.6 is 11.3 Å². The molecule has 0 saturated heterocycles. The molecule has 6 nitrogen and oxygen atoms in total. The largest absolute Gasteiger partial charge is 0.493 e. The van der Waals surface area contributed by atoms with E-state index in [4.69, 9.17) is 13.9 Å². The van der Waals surface area contributed by atoms with E-state index in [0.29, 0.717) is 16.3 Å². The number of hydrogen-bond donors (Lipinski definition) is 0. The first-order valence-corrected chi connectivity index (χ1v) is 9.41. The molecule has 0 aliphatic heterocycles. The van der Waals surface area contributed by atoms with Crippen LogP contribution in [0.4, 0.5) is 0 Å². The maximum atomic E-state index is 12.1. The third-order valence-electron chi connectivity index (χ3n) is 4.07. The van der Waals surface area contributed by atoms with Crippen LogP contribution in [0.5, 0.6) is 11.5 Å². The summed E-state index contributed by atoms with van der Waals surface area (Å²) in [7, 11) is 1.48. The van der Waals surface area contributed by atoms with E-state index in [1.807, 2.05) is 24.3 Å². The number of methoxy groups -OCH3 is 1. The number of allylic oxidation sites excluding steroid dienone is 1. The molecule has 0 unspecified atom stereocenters. The Morgan fingerprint density at radius 1 is 1.17 bits per heavy atom. The van der Waals surface area contributed by atoms with Crippen molar-refractivity contribution in [1.29, 1.82) is 5.26 Å². The normalized spacial score (nSPS) is 11.2. The molecule has 29 heavy (non-hydrogen) atoms. The van der Waals surface area contributed by atoms with Gasteiger partial charge in [-0.25, -0.2) is 9.78 Å². The van der Waals surface area contributed by atoms with Crippen molar-refractivity contribution in [2.24, 2.45) is 0 Å². The lowest BCUT2D eigenvalue weighted by Gasteiger charge is -2.09. The number of carbonyl (C=O) groups excluding carboxylic acids is 1. The summed E-state index contributed by atoms with van der Waals surface area (Å²) in [5.41, 5.74) is 2.01. The molecule has 0 aliphatic carbocycles. The highest BCUT2D eigenvalue weighted by molar-refractivity contribution is 7.19. The minimum atomic E-state index is -0.621. The van der Waals surface area contributed by atoms with Crippen LogP contribution in [0, 0.1) is 11.3 Å². The average Bonchev–Trinajstić information content (AvgIpc) is 3.42. The smallest absolute Gasteiger partial charge is 0.379 e. The molecule has 2 aromatic heterocycles. The quantitative estimate of drug-likeness (QED) is 0.260. The van der Waals surface area contributed by atoms with Crippen molar-refractivity contribution in [3.05, 3.63) is 77.2 Å². The van der Waals surface area contributed by atoms with E-state index < -0.39 is 5.97 Å². The van der Waals surface area contributed by atoms with Crippen molar-refractivity contribution in [3.63, 3.8) is 0 Å².